The molecule has 1 aromatic carbocycles. The lowest BCUT2D eigenvalue weighted by Crippen LogP contribution is -2.37. The fraction of sp³-hybridized carbons (Fsp3) is 0.300. The highest BCUT2D eigenvalue weighted by Gasteiger charge is 2.11. The second kappa shape index (κ2) is 5.34. The number of carbonyl (C=O) groups is 1. The third-order valence-corrected chi connectivity index (χ3v) is 2.03. The lowest BCUT2D eigenvalue weighted by Gasteiger charge is -2.08. The number of phenols is 2. The average Bonchev–Trinajstić information content (AvgIpc) is 2.23. The second-order valence-electron chi connectivity index (χ2n) is 3.27. The van der Waals surface area contributed by atoms with E-state index in [-0.39, 0.29) is 18.0 Å². The van der Waals surface area contributed by atoms with Crippen LogP contribution in [0.5, 0.6) is 11.5 Å². The van der Waals surface area contributed by atoms with Crippen LogP contribution in [0, 0.1) is 0 Å². The van der Waals surface area contributed by atoms with Crippen molar-refractivity contribution in [2.24, 2.45) is 0 Å². The minimum Gasteiger partial charge on any atom is -0.504 e. The molecule has 88 valence electrons. The SMILES string of the molecule is O=C(O)C(O)NCCc1ccc(O)c(O)c1. The van der Waals surface area contributed by atoms with Crippen LogP contribution in [0.3, 0.4) is 0 Å². The Morgan fingerprint density at radius 2 is 2.00 bits per heavy atom. The van der Waals surface area contributed by atoms with Crippen molar-refractivity contribution in [3.8, 4) is 11.5 Å². The Morgan fingerprint density at radius 3 is 2.56 bits per heavy atom. The minimum atomic E-state index is -1.59. The normalized spacial score (nSPS) is 12.3. The predicted molar refractivity (Wildman–Crippen MR) is 55.1 cm³/mol. The van der Waals surface area contributed by atoms with Gasteiger partial charge in [-0.2, -0.15) is 0 Å². The van der Waals surface area contributed by atoms with Crippen molar-refractivity contribution in [1.82, 2.24) is 5.32 Å². The molecule has 0 bridgehead atoms. The van der Waals surface area contributed by atoms with Gasteiger partial charge in [0.2, 0.25) is 6.23 Å². The molecule has 1 unspecified atom stereocenters. The summed E-state index contributed by atoms with van der Waals surface area (Å²) in [7, 11) is 0. The molecular formula is C10H13NO5. The van der Waals surface area contributed by atoms with Crippen LogP contribution < -0.4 is 5.32 Å². The maximum Gasteiger partial charge on any atom is 0.347 e. The van der Waals surface area contributed by atoms with E-state index in [4.69, 9.17) is 15.3 Å². The zero-order valence-corrected chi connectivity index (χ0v) is 8.42. The molecule has 0 aliphatic carbocycles. The number of rotatable bonds is 5. The summed E-state index contributed by atoms with van der Waals surface area (Å²) in [6.07, 6.45) is -1.16. The van der Waals surface area contributed by atoms with Crippen LogP contribution in [0.15, 0.2) is 18.2 Å². The van der Waals surface area contributed by atoms with Gasteiger partial charge in [-0.1, -0.05) is 6.07 Å². The van der Waals surface area contributed by atoms with Crippen LogP contribution in [-0.4, -0.2) is 39.2 Å². The molecule has 0 heterocycles. The Morgan fingerprint density at radius 1 is 1.31 bits per heavy atom. The number of carboxylic acids is 1. The quantitative estimate of drug-likeness (QED) is 0.347. The number of hydrogen-bond acceptors (Lipinski definition) is 5. The summed E-state index contributed by atoms with van der Waals surface area (Å²) < 4.78 is 0. The lowest BCUT2D eigenvalue weighted by molar-refractivity contribution is -0.148. The molecule has 0 aliphatic heterocycles. The molecule has 6 heteroatoms. The van der Waals surface area contributed by atoms with Crippen LogP contribution in [0.2, 0.25) is 0 Å². The van der Waals surface area contributed by atoms with Gasteiger partial charge in [-0.05, 0) is 24.1 Å². The van der Waals surface area contributed by atoms with E-state index in [0.29, 0.717) is 6.42 Å². The van der Waals surface area contributed by atoms with Crippen LogP contribution >= 0.6 is 0 Å². The monoisotopic (exact) mass is 227 g/mol. The number of nitrogens with one attached hydrogen (secondary N) is 1. The number of aliphatic carboxylic acids is 1. The zero-order chi connectivity index (χ0) is 12.1. The van der Waals surface area contributed by atoms with Gasteiger partial charge in [0.1, 0.15) is 0 Å². The number of phenolic OH excluding ortho intramolecular Hbond substituents is 2. The molecular weight excluding hydrogens is 214 g/mol. The van der Waals surface area contributed by atoms with Crippen molar-refractivity contribution in [1.29, 1.82) is 0 Å². The van der Waals surface area contributed by atoms with Gasteiger partial charge in [-0.15, -0.1) is 0 Å². The predicted octanol–water partition coefficient (Wildman–Crippen LogP) is -0.367. The molecule has 1 atom stereocenters. The molecule has 0 fully saturated rings. The summed E-state index contributed by atoms with van der Waals surface area (Å²) in [6.45, 7) is 0.248. The number of aromatic hydroxyl groups is 2. The van der Waals surface area contributed by atoms with Crippen molar-refractivity contribution in [3.05, 3.63) is 23.8 Å². The summed E-state index contributed by atoms with van der Waals surface area (Å²) in [4.78, 5) is 10.3. The maximum atomic E-state index is 10.3. The minimum absolute atomic E-state index is 0.206. The third-order valence-electron chi connectivity index (χ3n) is 2.03. The van der Waals surface area contributed by atoms with Crippen molar-refractivity contribution in [2.75, 3.05) is 6.54 Å². The third kappa shape index (κ3) is 3.41. The van der Waals surface area contributed by atoms with E-state index >= 15 is 0 Å². The molecule has 0 spiro atoms. The van der Waals surface area contributed by atoms with Gasteiger partial charge in [0.25, 0.3) is 0 Å². The van der Waals surface area contributed by atoms with Gasteiger partial charge in [-0.25, -0.2) is 4.79 Å². The number of carboxylic acid groups (broad SMARTS) is 1. The van der Waals surface area contributed by atoms with E-state index in [1.54, 1.807) is 6.07 Å². The Labute approximate surface area is 91.8 Å². The molecule has 0 aromatic heterocycles. The summed E-state index contributed by atoms with van der Waals surface area (Å²) in [5, 5.41) is 37.9. The smallest absolute Gasteiger partial charge is 0.347 e. The van der Waals surface area contributed by atoms with Gasteiger partial charge in [0.05, 0.1) is 0 Å². The molecule has 1 rings (SSSR count). The van der Waals surface area contributed by atoms with Crippen molar-refractivity contribution < 1.29 is 25.2 Å². The Balaban J connectivity index is 2.43. The van der Waals surface area contributed by atoms with Gasteiger partial charge in [-0.3, -0.25) is 5.32 Å². The van der Waals surface area contributed by atoms with Crippen molar-refractivity contribution in [3.63, 3.8) is 0 Å². The Hall–Kier alpha value is -1.79. The van der Waals surface area contributed by atoms with Crippen molar-refractivity contribution >= 4 is 5.97 Å². The molecule has 1 aromatic rings. The van der Waals surface area contributed by atoms with Crippen LogP contribution in [0.25, 0.3) is 0 Å². The molecule has 6 nitrogen and oxygen atoms in total. The molecule has 0 radical (unpaired) electrons. The lowest BCUT2D eigenvalue weighted by atomic mass is 10.1. The van der Waals surface area contributed by atoms with Crippen LogP contribution in [0.1, 0.15) is 5.56 Å². The van der Waals surface area contributed by atoms with Crippen LogP contribution in [-0.2, 0) is 11.2 Å². The standard InChI is InChI=1S/C10H13NO5/c12-7-2-1-6(5-8(7)13)3-4-11-9(14)10(15)16/h1-2,5,9,11-14H,3-4H2,(H,15,16). The molecule has 0 saturated carbocycles. The summed E-state index contributed by atoms with van der Waals surface area (Å²) >= 11 is 0. The molecule has 0 saturated heterocycles. The fourth-order valence-electron chi connectivity index (χ4n) is 1.17. The number of aliphatic hydroxyl groups excluding tert-OH is 1. The van der Waals surface area contributed by atoms with E-state index < -0.39 is 12.2 Å². The largest absolute Gasteiger partial charge is 0.504 e. The first-order chi connectivity index (χ1) is 7.50. The number of benzene rings is 1. The first-order valence-electron chi connectivity index (χ1n) is 4.66. The van der Waals surface area contributed by atoms with Crippen LogP contribution in [0.4, 0.5) is 0 Å². The summed E-state index contributed by atoms with van der Waals surface area (Å²) in [5.74, 6) is -1.77. The summed E-state index contributed by atoms with van der Waals surface area (Å²) in [6, 6.07) is 4.33. The number of hydrogen-bond donors (Lipinski definition) is 5. The van der Waals surface area contributed by atoms with Crippen molar-refractivity contribution in [2.45, 2.75) is 12.6 Å². The van der Waals surface area contributed by atoms with E-state index in [9.17, 15) is 9.90 Å². The second-order valence-corrected chi connectivity index (χ2v) is 3.27. The van der Waals surface area contributed by atoms with E-state index in [0.717, 1.165) is 5.56 Å². The zero-order valence-electron chi connectivity index (χ0n) is 8.42. The molecule has 16 heavy (non-hydrogen) atoms. The topological polar surface area (TPSA) is 110 Å². The first kappa shape index (κ1) is 12.3. The van der Waals surface area contributed by atoms with E-state index in [1.165, 1.54) is 12.1 Å². The highest BCUT2D eigenvalue weighted by atomic mass is 16.4. The molecule has 0 amide bonds. The first-order valence-corrected chi connectivity index (χ1v) is 4.66. The molecule has 5 N–H and O–H groups in total. The molecule has 0 aliphatic rings. The average molecular weight is 227 g/mol. The number of aliphatic hydroxyl groups is 1. The van der Waals surface area contributed by atoms with E-state index in [1.807, 2.05) is 0 Å². The summed E-state index contributed by atoms with van der Waals surface area (Å²) in [5.41, 5.74) is 0.723. The van der Waals surface area contributed by atoms with E-state index in [2.05, 4.69) is 5.32 Å². The Bertz CT molecular complexity index is 379. The highest BCUT2D eigenvalue weighted by Crippen LogP contribution is 2.24. The fourth-order valence-corrected chi connectivity index (χ4v) is 1.17. The van der Waals surface area contributed by atoms with Gasteiger partial charge < -0.3 is 20.4 Å². The highest BCUT2D eigenvalue weighted by molar-refractivity contribution is 5.71. The van der Waals surface area contributed by atoms with Gasteiger partial charge in [0, 0.05) is 6.54 Å². The maximum absolute atomic E-state index is 10.3. The van der Waals surface area contributed by atoms with Gasteiger partial charge >= 0.3 is 5.97 Å². The van der Waals surface area contributed by atoms with Gasteiger partial charge in [0.15, 0.2) is 11.5 Å². The Kier molecular flexibility index (Phi) is 4.10.